The van der Waals surface area contributed by atoms with E-state index in [2.05, 4.69) is 0 Å². The highest BCUT2D eigenvalue weighted by Gasteiger charge is 2.35. The molecule has 0 saturated carbocycles. The molecule has 2 atom stereocenters. The van der Waals surface area contributed by atoms with Crippen LogP contribution in [0.15, 0.2) is 0 Å². The van der Waals surface area contributed by atoms with E-state index in [4.69, 9.17) is 79.8 Å². The number of nitrogens with one attached hydrogen (secondary N) is 2. The number of amides is 2. The summed E-state index contributed by atoms with van der Waals surface area (Å²) < 4.78 is -4.25. The van der Waals surface area contributed by atoms with Crippen molar-refractivity contribution in [2.75, 3.05) is 0 Å². The van der Waals surface area contributed by atoms with Crippen LogP contribution in [0.2, 0.25) is 0 Å². The van der Waals surface area contributed by atoms with Crippen molar-refractivity contribution in [3.8, 4) is 0 Å². The monoisotopic (exact) mass is 352 g/mol. The molecule has 0 aliphatic rings. The van der Waals surface area contributed by atoms with Crippen LogP contribution in [-0.4, -0.2) is 36.3 Å². The van der Waals surface area contributed by atoms with Crippen LogP contribution in [0.1, 0.15) is 0 Å². The van der Waals surface area contributed by atoms with Crippen LogP contribution in [0.4, 0.5) is 4.79 Å². The Labute approximate surface area is 121 Å². The number of aliphatic hydroxyl groups excluding tert-OH is 2. The largest absolute Gasteiger partial charge is 0.369 e. The highest BCUT2D eigenvalue weighted by molar-refractivity contribution is 6.68. The van der Waals surface area contributed by atoms with Crippen LogP contribution in [0.5, 0.6) is 0 Å². The van der Waals surface area contributed by atoms with Crippen molar-refractivity contribution < 1.29 is 15.0 Å². The first-order chi connectivity index (χ1) is 6.94. The van der Waals surface area contributed by atoms with Gasteiger partial charge >= 0.3 is 6.03 Å². The lowest BCUT2D eigenvalue weighted by Crippen LogP contribution is -2.53. The van der Waals surface area contributed by atoms with Crippen LogP contribution in [0, 0.1) is 0 Å². The summed E-state index contributed by atoms with van der Waals surface area (Å²) in [4.78, 5) is 11.1. The molecule has 0 spiro atoms. The third kappa shape index (κ3) is 6.61. The summed E-state index contributed by atoms with van der Waals surface area (Å²) in [6.45, 7) is 0. The van der Waals surface area contributed by atoms with E-state index in [1.54, 1.807) is 10.6 Å². The molecule has 0 saturated heterocycles. The maximum atomic E-state index is 11.1. The van der Waals surface area contributed by atoms with Gasteiger partial charge in [0.15, 0.2) is 12.5 Å². The van der Waals surface area contributed by atoms with Gasteiger partial charge in [-0.1, -0.05) is 69.6 Å². The number of urea groups is 1. The molecule has 2 amide bonds. The number of halogens is 6. The first-order valence-electron chi connectivity index (χ1n) is 3.51. The van der Waals surface area contributed by atoms with Crippen LogP contribution in [0.25, 0.3) is 0 Å². The van der Waals surface area contributed by atoms with Gasteiger partial charge in [-0.05, 0) is 0 Å². The summed E-state index contributed by atoms with van der Waals surface area (Å²) in [5.74, 6) is 0. The van der Waals surface area contributed by atoms with Gasteiger partial charge in [0, 0.05) is 0 Å². The average molecular weight is 355 g/mol. The van der Waals surface area contributed by atoms with Crippen molar-refractivity contribution in [1.29, 1.82) is 0 Å². The predicted octanol–water partition coefficient (Wildman–Crippen LogP) is 1.66. The van der Waals surface area contributed by atoms with Crippen LogP contribution >= 0.6 is 69.6 Å². The molecule has 0 aromatic heterocycles. The van der Waals surface area contributed by atoms with Gasteiger partial charge in [0.25, 0.3) is 0 Å². The zero-order valence-electron chi connectivity index (χ0n) is 7.23. The lowest BCUT2D eigenvalue weighted by atomic mass is 10.6. The minimum atomic E-state index is -2.12. The molecule has 0 aromatic carbocycles. The maximum absolute atomic E-state index is 11.1. The van der Waals surface area contributed by atoms with Gasteiger partial charge in [0.2, 0.25) is 7.59 Å². The topological polar surface area (TPSA) is 81.6 Å². The molecule has 0 rings (SSSR count). The molecule has 0 aliphatic heterocycles. The minimum Gasteiger partial charge on any atom is -0.369 e. The number of hydrogen-bond acceptors (Lipinski definition) is 3. The molecule has 5 nitrogen and oxygen atoms in total. The lowest BCUT2D eigenvalue weighted by Gasteiger charge is -2.23. The Hall–Kier alpha value is 0.930. The van der Waals surface area contributed by atoms with Gasteiger partial charge in [-0.25, -0.2) is 4.79 Å². The van der Waals surface area contributed by atoms with Crippen LogP contribution in [0.3, 0.4) is 0 Å². The van der Waals surface area contributed by atoms with Crippen LogP contribution in [-0.2, 0) is 0 Å². The van der Waals surface area contributed by atoms with E-state index in [1.165, 1.54) is 0 Å². The maximum Gasteiger partial charge on any atom is 0.319 e. The first kappa shape index (κ1) is 16.9. The highest BCUT2D eigenvalue weighted by atomic mass is 35.6. The minimum absolute atomic E-state index is 1.09. The molecule has 0 aromatic rings. The Morgan fingerprint density at radius 2 is 1.12 bits per heavy atom. The van der Waals surface area contributed by atoms with E-state index in [0.717, 1.165) is 0 Å². The smallest absolute Gasteiger partial charge is 0.319 e. The second-order valence-corrected chi connectivity index (χ2v) is 7.24. The SMILES string of the molecule is O=C(N[C@H](O)C(Cl)(Cl)Cl)N[C@H](O)C(Cl)(Cl)Cl. The molecule has 0 bridgehead atoms. The van der Waals surface area contributed by atoms with Crippen molar-refractivity contribution in [3.63, 3.8) is 0 Å². The van der Waals surface area contributed by atoms with Gasteiger partial charge in [0.1, 0.15) is 0 Å². The van der Waals surface area contributed by atoms with Crippen molar-refractivity contribution in [1.82, 2.24) is 10.6 Å². The summed E-state index contributed by atoms with van der Waals surface area (Å²) in [7, 11) is 0. The van der Waals surface area contributed by atoms with Gasteiger partial charge in [0.05, 0.1) is 0 Å². The van der Waals surface area contributed by atoms with E-state index in [1.807, 2.05) is 0 Å². The van der Waals surface area contributed by atoms with Gasteiger partial charge < -0.3 is 20.8 Å². The molecule has 96 valence electrons. The normalized spacial score (nSPS) is 16.5. The number of alkyl halides is 6. The van der Waals surface area contributed by atoms with Crippen molar-refractivity contribution >= 4 is 75.6 Å². The Kier molecular flexibility index (Phi) is 6.56. The highest BCUT2D eigenvalue weighted by Crippen LogP contribution is 2.30. The number of carbonyl (C=O) groups is 1. The molecule has 11 heteroatoms. The number of hydrogen-bond donors (Lipinski definition) is 4. The molecule has 0 aliphatic carbocycles. The molecular formula is C5H6Cl6N2O3. The fraction of sp³-hybridized carbons (Fsp3) is 0.800. The van der Waals surface area contributed by atoms with E-state index < -0.39 is 26.1 Å². The van der Waals surface area contributed by atoms with Crippen molar-refractivity contribution in [3.05, 3.63) is 0 Å². The fourth-order valence-corrected chi connectivity index (χ4v) is 0.781. The Balaban J connectivity index is 4.21. The summed E-state index contributed by atoms with van der Waals surface area (Å²) in [5, 5.41) is 21.8. The molecule has 0 heterocycles. The first-order valence-corrected chi connectivity index (χ1v) is 5.78. The Bertz CT molecular complexity index is 228. The van der Waals surface area contributed by atoms with Gasteiger partial charge in [-0.3, -0.25) is 0 Å². The summed E-state index contributed by atoms with van der Waals surface area (Å²) in [6.07, 6.45) is -3.58. The van der Waals surface area contributed by atoms with Crippen LogP contribution < -0.4 is 10.6 Å². The Morgan fingerprint density at radius 1 is 0.875 bits per heavy atom. The zero-order valence-corrected chi connectivity index (χ0v) is 11.8. The van der Waals surface area contributed by atoms with E-state index >= 15 is 0 Å². The predicted molar refractivity (Wildman–Crippen MR) is 64.3 cm³/mol. The standard InChI is InChI=1S/C5H6Cl6N2O3/c6-4(7,8)1(14)12-3(16)13-2(15)5(9,10)11/h1-2,14-15H,(H2,12,13,16)/t1-,2-/m1/s1. The second-order valence-electron chi connectivity index (χ2n) is 2.51. The van der Waals surface area contributed by atoms with E-state index in [9.17, 15) is 4.79 Å². The number of carbonyl (C=O) groups excluding carboxylic acids is 1. The zero-order chi connectivity index (χ0) is 13.1. The van der Waals surface area contributed by atoms with Gasteiger partial charge in [-0.15, -0.1) is 0 Å². The molecular weight excluding hydrogens is 349 g/mol. The fourth-order valence-electron chi connectivity index (χ4n) is 0.454. The van der Waals surface area contributed by atoms with Crippen molar-refractivity contribution in [2.24, 2.45) is 0 Å². The summed E-state index contributed by atoms with van der Waals surface area (Å²) >= 11 is 31.5. The third-order valence-corrected chi connectivity index (χ3v) is 2.40. The number of rotatable bonds is 2. The second kappa shape index (κ2) is 6.20. The molecule has 0 radical (unpaired) electrons. The molecule has 4 N–H and O–H groups in total. The van der Waals surface area contributed by atoms with E-state index in [-0.39, 0.29) is 0 Å². The quantitative estimate of drug-likeness (QED) is 0.449. The number of aliphatic hydroxyl groups is 2. The van der Waals surface area contributed by atoms with Gasteiger partial charge in [-0.2, -0.15) is 0 Å². The third-order valence-electron chi connectivity index (χ3n) is 1.16. The van der Waals surface area contributed by atoms with Crippen molar-refractivity contribution in [2.45, 2.75) is 20.0 Å². The molecule has 16 heavy (non-hydrogen) atoms. The Morgan fingerprint density at radius 3 is 1.31 bits per heavy atom. The molecule has 0 fully saturated rings. The average Bonchev–Trinajstić information content (AvgIpc) is 1.99. The summed E-state index contributed by atoms with van der Waals surface area (Å²) in [5.41, 5.74) is 0. The lowest BCUT2D eigenvalue weighted by molar-refractivity contribution is 0.120. The van der Waals surface area contributed by atoms with E-state index in [0.29, 0.717) is 0 Å². The summed E-state index contributed by atoms with van der Waals surface area (Å²) in [6, 6.07) is -1.09. The molecule has 0 unspecified atom stereocenters.